The Balaban J connectivity index is 2.15. The van der Waals surface area contributed by atoms with Crippen LogP contribution >= 0.6 is 0 Å². The lowest BCUT2D eigenvalue weighted by Gasteiger charge is -2.13. The quantitative estimate of drug-likeness (QED) is 0.750. The maximum atomic E-state index is 12.7. The molecule has 3 rings (SSSR count). The number of methoxy groups -OCH3 is 1. The van der Waals surface area contributed by atoms with Crippen LogP contribution in [0.15, 0.2) is 71.5 Å². The molecular formula is C19H16N2O3. The minimum atomic E-state index is -0.314. The molecule has 1 aromatic heterocycles. The molecule has 0 unspecified atom stereocenters. The zero-order valence-electron chi connectivity index (χ0n) is 13.1. The number of carbonyl (C=O) groups excluding carboxylic acids is 1. The van der Waals surface area contributed by atoms with Gasteiger partial charge in [0, 0.05) is 17.7 Å². The van der Waals surface area contributed by atoms with Crippen LogP contribution in [0.1, 0.15) is 15.9 Å². The first-order valence-electron chi connectivity index (χ1n) is 7.37. The minimum absolute atomic E-state index is 0.101. The predicted octanol–water partition coefficient (Wildman–Crippen LogP) is 2.66. The van der Waals surface area contributed by atoms with Gasteiger partial charge in [0.1, 0.15) is 11.6 Å². The van der Waals surface area contributed by atoms with Crippen LogP contribution in [0.25, 0.3) is 5.69 Å². The normalized spacial score (nSPS) is 10.4. The van der Waals surface area contributed by atoms with E-state index in [9.17, 15) is 9.59 Å². The average molecular weight is 320 g/mol. The Labute approximate surface area is 138 Å². The summed E-state index contributed by atoms with van der Waals surface area (Å²) in [4.78, 5) is 24.9. The lowest BCUT2D eigenvalue weighted by molar-refractivity contribution is 0.103. The number of nitrogens with zero attached hydrogens (tertiary/aromatic N) is 1. The van der Waals surface area contributed by atoms with E-state index in [0.29, 0.717) is 17.0 Å². The van der Waals surface area contributed by atoms with Crippen LogP contribution < -0.4 is 16.0 Å². The van der Waals surface area contributed by atoms with Crippen molar-refractivity contribution in [3.63, 3.8) is 0 Å². The van der Waals surface area contributed by atoms with Crippen LogP contribution in [0.4, 0.5) is 5.82 Å². The summed E-state index contributed by atoms with van der Waals surface area (Å²) in [5, 5.41) is 0. The molecule has 24 heavy (non-hydrogen) atoms. The maximum Gasteiger partial charge on any atom is 0.256 e. The second-order valence-electron chi connectivity index (χ2n) is 5.20. The summed E-state index contributed by atoms with van der Waals surface area (Å²) in [5.41, 5.74) is 7.17. The molecule has 0 atom stereocenters. The lowest BCUT2D eigenvalue weighted by Crippen LogP contribution is -2.23. The van der Waals surface area contributed by atoms with Crippen molar-refractivity contribution in [3.05, 3.63) is 88.2 Å². The summed E-state index contributed by atoms with van der Waals surface area (Å²) in [7, 11) is 1.54. The summed E-state index contributed by atoms with van der Waals surface area (Å²) < 4.78 is 6.48. The maximum absolute atomic E-state index is 12.7. The molecule has 0 saturated carbocycles. The third-order valence-electron chi connectivity index (χ3n) is 3.72. The Kier molecular flexibility index (Phi) is 4.16. The van der Waals surface area contributed by atoms with E-state index in [4.69, 9.17) is 10.5 Å². The molecule has 5 nitrogen and oxygen atoms in total. The van der Waals surface area contributed by atoms with Crippen molar-refractivity contribution in [1.29, 1.82) is 0 Å². The van der Waals surface area contributed by atoms with Gasteiger partial charge in [-0.1, -0.05) is 36.4 Å². The monoisotopic (exact) mass is 320 g/mol. The molecule has 2 aromatic carbocycles. The number of pyridine rings is 1. The summed E-state index contributed by atoms with van der Waals surface area (Å²) >= 11 is 0. The van der Waals surface area contributed by atoms with Crippen molar-refractivity contribution in [2.24, 2.45) is 0 Å². The fourth-order valence-corrected chi connectivity index (χ4v) is 2.51. The van der Waals surface area contributed by atoms with E-state index in [1.54, 1.807) is 55.6 Å². The number of ether oxygens (including phenoxy) is 1. The van der Waals surface area contributed by atoms with E-state index in [2.05, 4.69) is 0 Å². The van der Waals surface area contributed by atoms with Crippen LogP contribution in [0.5, 0.6) is 5.75 Å². The van der Waals surface area contributed by atoms with Gasteiger partial charge in [-0.25, -0.2) is 0 Å². The Morgan fingerprint density at radius 3 is 2.46 bits per heavy atom. The predicted molar refractivity (Wildman–Crippen MR) is 92.9 cm³/mol. The van der Waals surface area contributed by atoms with Gasteiger partial charge in [0.15, 0.2) is 5.78 Å². The molecule has 0 saturated heterocycles. The third-order valence-corrected chi connectivity index (χ3v) is 3.72. The zero-order valence-corrected chi connectivity index (χ0v) is 13.1. The number of rotatable bonds is 4. The lowest BCUT2D eigenvalue weighted by atomic mass is 10.0. The first kappa shape index (κ1) is 15.6. The van der Waals surface area contributed by atoms with E-state index < -0.39 is 0 Å². The number of hydrogen-bond donors (Lipinski definition) is 1. The molecule has 0 aliphatic rings. The third kappa shape index (κ3) is 2.79. The fourth-order valence-electron chi connectivity index (χ4n) is 2.51. The van der Waals surface area contributed by atoms with Crippen LogP contribution in [0.2, 0.25) is 0 Å². The van der Waals surface area contributed by atoms with Gasteiger partial charge in [0.05, 0.1) is 18.4 Å². The van der Waals surface area contributed by atoms with Crippen molar-refractivity contribution in [3.8, 4) is 11.4 Å². The standard InChI is InChI=1S/C19H16N2O3/c1-24-15-9-5-8-14(12-15)21-17(22)11-10-16(19(21)20)18(23)13-6-3-2-4-7-13/h2-12H,20H2,1H3. The van der Waals surface area contributed by atoms with E-state index in [1.807, 2.05) is 6.07 Å². The van der Waals surface area contributed by atoms with Crippen LogP contribution in [-0.4, -0.2) is 17.5 Å². The zero-order chi connectivity index (χ0) is 17.1. The Bertz CT molecular complexity index is 946. The molecule has 3 aromatic rings. The van der Waals surface area contributed by atoms with Crippen LogP contribution in [-0.2, 0) is 0 Å². The van der Waals surface area contributed by atoms with E-state index in [0.717, 1.165) is 0 Å². The molecule has 0 aliphatic carbocycles. The highest BCUT2D eigenvalue weighted by atomic mass is 16.5. The number of hydrogen-bond acceptors (Lipinski definition) is 4. The fraction of sp³-hybridized carbons (Fsp3) is 0.0526. The molecule has 0 bridgehead atoms. The van der Waals surface area contributed by atoms with Gasteiger partial charge < -0.3 is 10.5 Å². The number of benzene rings is 2. The first-order valence-corrected chi connectivity index (χ1v) is 7.37. The smallest absolute Gasteiger partial charge is 0.256 e. The van der Waals surface area contributed by atoms with Crippen LogP contribution in [0.3, 0.4) is 0 Å². The minimum Gasteiger partial charge on any atom is -0.497 e. The first-order chi connectivity index (χ1) is 11.6. The Morgan fingerprint density at radius 2 is 1.75 bits per heavy atom. The number of ketones is 1. The van der Waals surface area contributed by atoms with Gasteiger partial charge in [-0.05, 0) is 18.2 Å². The summed E-state index contributed by atoms with van der Waals surface area (Å²) in [6, 6.07) is 18.6. The van der Waals surface area contributed by atoms with E-state index in [-0.39, 0.29) is 22.7 Å². The van der Waals surface area contributed by atoms with Gasteiger partial charge in [0.25, 0.3) is 5.56 Å². The highest BCUT2D eigenvalue weighted by molar-refractivity contribution is 6.11. The number of anilines is 1. The number of nitrogen functional groups attached to an aromatic ring is 1. The summed E-state index contributed by atoms with van der Waals surface area (Å²) in [6.07, 6.45) is 0. The molecule has 2 N–H and O–H groups in total. The molecule has 0 amide bonds. The molecule has 0 spiro atoms. The number of carbonyl (C=O) groups is 1. The number of aromatic nitrogens is 1. The van der Waals surface area contributed by atoms with Gasteiger partial charge in [-0.15, -0.1) is 0 Å². The van der Waals surface area contributed by atoms with Crippen molar-refractivity contribution >= 4 is 11.6 Å². The molecular weight excluding hydrogens is 304 g/mol. The Morgan fingerprint density at radius 1 is 1.00 bits per heavy atom. The van der Waals surface area contributed by atoms with Gasteiger partial charge in [0.2, 0.25) is 0 Å². The van der Waals surface area contributed by atoms with Crippen molar-refractivity contribution in [2.75, 3.05) is 12.8 Å². The topological polar surface area (TPSA) is 74.3 Å². The van der Waals surface area contributed by atoms with Crippen molar-refractivity contribution in [1.82, 2.24) is 4.57 Å². The number of nitrogens with two attached hydrogens (primary N) is 1. The molecule has 120 valence electrons. The molecule has 5 heteroatoms. The van der Waals surface area contributed by atoms with Gasteiger partial charge in [-0.3, -0.25) is 14.2 Å². The molecule has 1 heterocycles. The highest BCUT2D eigenvalue weighted by Crippen LogP contribution is 2.21. The summed E-state index contributed by atoms with van der Waals surface area (Å²) in [5.74, 6) is 0.466. The van der Waals surface area contributed by atoms with Crippen molar-refractivity contribution < 1.29 is 9.53 Å². The van der Waals surface area contributed by atoms with Gasteiger partial charge >= 0.3 is 0 Å². The SMILES string of the molecule is COc1cccc(-n2c(N)c(C(=O)c3ccccc3)ccc2=O)c1. The van der Waals surface area contributed by atoms with Crippen LogP contribution in [0, 0.1) is 0 Å². The average Bonchev–Trinajstić information content (AvgIpc) is 2.62. The second-order valence-corrected chi connectivity index (χ2v) is 5.20. The largest absolute Gasteiger partial charge is 0.497 e. The Hall–Kier alpha value is -3.34. The second kappa shape index (κ2) is 6.42. The van der Waals surface area contributed by atoms with Gasteiger partial charge in [-0.2, -0.15) is 0 Å². The van der Waals surface area contributed by atoms with E-state index >= 15 is 0 Å². The summed E-state index contributed by atoms with van der Waals surface area (Å²) in [6.45, 7) is 0. The van der Waals surface area contributed by atoms with Crippen molar-refractivity contribution in [2.45, 2.75) is 0 Å². The molecule has 0 fully saturated rings. The molecule has 0 aliphatic heterocycles. The molecule has 0 radical (unpaired) electrons. The van der Waals surface area contributed by atoms with E-state index in [1.165, 1.54) is 16.7 Å². The highest BCUT2D eigenvalue weighted by Gasteiger charge is 2.16.